The Balaban J connectivity index is 2.75. The molecule has 396 valence electrons. The van der Waals surface area contributed by atoms with Crippen molar-refractivity contribution in [3.05, 3.63) is 60.8 Å². The summed E-state index contributed by atoms with van der Waals surface area (Å²) in [5, 5.41) is 31.4. The normalized spacial score (nSPS) is 19.1. The van der Waals surface area contributed by atoms with Gasteiger partial charge in [0.2, 0.25) is 0 Å². The molecule has 1 heterocycles. The van der Waals surface area contributed by atoms with Crippen LogP contribution in [-0.4, -0.2) is 89.2 Å². The Bertz CT molecular complexity index is 1440. The van der Waals surface area contributed by atoms with Crippen LogP contribution >= 0.6 is 0 Å². The molecule has 1 saturated heterocycles. The Morgan fingerprint density at radius 2 is 0.899 bits per heavy atom. The fourth-order valence-electron chi connectivity index (χ4n) is 7.79. The maximum Gasteiger partial charge on any atom is 0.335 e. The number of carbonyl (C=O) groups excluding carboxylic acids is 3. The molecular weight excluding hydrogens is 877 g/mol. The van der Waals surface area contributed by atoms with Crippen molar-refractivity contribution in [3.63, 3.8) is 0 Å². The molecule has 0 aromatic heterocycles. The third-order valence-corrected chi connectivity index (χ3v) is 12.0. The summed E-state index contributed by atoms with van der Waals surface area (Å²) in [4.78, 5) is 50.9. The fourth-order valence-corrected chi connectivity index (χ4v) is 7.79. The van der Waals surface area contributed by atoms with Crippen LogP contribution in [0, 0.1) is 0 Å². The van der Waals surface area contributed by atoms with E-state index in [1.165, 1.54) is 25.7 Å². The lowest BCUT2D eigenvalue weighted by Crippen LogP contribution is -2.61. The van der Waals surface area contributed by atoms with E-state index in [2.05, 4.69) is 81.5 Å². The Labute approximate surface area is 417 Å². The molecule has 12 nitrogen and oxygen atoms in total. The van der Waals surface area contributed by atoms with E-state index in [-0.39, 0.29) is 25.9 Å². The van der Waals surface area contributed by atoms with Gasteiger partial charge in [0.25, 0.3) is 0 Å². The van der Waals surface area contributed by atoms with Crippen LogP contribution in [0.4, 0.5) is 0 Å². The van der Waals surface area contributed by atoms with Crippen LogP contribution in [0.3, 0.4) is 0 Å². The Kier molecular flexibility index (Phi) is 41.9. The number of allylic oxidation sites excluding steroid dienone is 10. The number of esters is 3. The number of ether oxygens (including phenoxy) is 5. The van der Waals surface area contributed by atoms with Gasteiger partial charge in [-0.2, -0.15) is 0 Å². The molecule has 1 aliphatic rings. The van der Waals surface area contributed by atoms with Crippen LogP contribution < -0.4 is 0 Å². The average Bonchev–Trinajstić information content (AvgIpc) is 3.33. The monoisotopic (exact) mass is 973 g/mol. The van der Waals surface area contributed by atoms with Crippen molar-refractivity contribution in [1.29, 1.82) is 0 Å². The number of aliphatic hydroxyl groups excluding tert-OH is 2. The zero-order valence-electron chi connectivity index (χ0n) is 43.3. The van der Waals surface area contributed by atoms with Crippen molar-refractivity contribution >= 4 is 23.9 Å². The summed E-state index contributed by atoms with van der Waals surface area (Å²) in [6.45, 7) is 5.80. The highest BCUT2D eigenvalue weighted by molar-refractivity contribution is 5.74. The van der Waals surface area contributed by atoms with Crippen molar-refractivity contribution in [3.8, 4) is 0 Å². The molecule has 6 atom stereocenters. The smallest absolute Gasteiger partial charge is 0.335 e. The maximum atomic E-state index is 13.1. The predicted molar refractivity (Wildman–Crippen MR) is 275 cm³/mol. The van der Waals surface area contributed by atoms with Gasteiger partial charge < -0.3 is 39.0 Å². The number of carbonyl (C=O) groups is 4. The largest absolute Gasteiger partial charge is 0.479 e. The molecule has 0 spiro atoms. The molecule has 0 aromatic rings. The van der Waals surface area contributed by atoms with E-state index in [1.54, 1.807) is 0 Å². The van der Waals surface area contributed by atoms with Crippen LogP contribution in [0.1, 0.15) is 226 Å². The van der Waals surface area contributed by atoms with Gasteiger partial charge in [0.1, 0.15) is 18.8 Å². The molecule has 0 aromatic carbocycles. The molecule has 12 heteroatoms. The summed E-state index contributed by atoms with van der Waals surface area (Å²) in [6, 6.07) is 0. The second kappa shape index (κ2) is 45.6. The highest BCUT2D eigenvalue weighted by Crippen LogP contribution is 2.26. The first-order chi connectivity index (χ1) is 33.6. The van der Waals surface area contributed by atoms with Gasteiger partial charge in [0.05, 0.1) is 6.61 Å². The summed E-state index contributed by atoms with van der Waals surface area (Å²) in [6.07, 6.45) is 42.0. The Morgan fingerprint density at radius 1 is 0.478 bits per heavy atom. The van der Waals surface area contributed by atoms with Crippen molar-refractivity contribution < 1.29 is 58.2 Å². The van der Waals surface area contributed by atoms with E-state index in [1.807, 2.05) is 0 Å². The number of carboxylic acids is 1. The van der Waals surface area contributed by atoms with Crippen LogP contribution in [0.2, 0.25) is 0 Å². The molecule has 1 rings (SSSR count). The number of unbranched alkanes of at least 4 members (excludes halogenated alkanes) is 21. The SMILES string of the molecule is CCC/C=C\C/C=C\CCCCCCCC(=O)OCC(COC1OC(C(=O)O)C(O)C(O)C1OC(=O)CCCCCCC/C=C\C/C=C\CCC)OC(=O)CCCCCCC/C=C\CCCCCC. The van der Waals surface area contributed by atoms with Gasteiger partial charge in [-0.15, -0.1) is 0 Å². The quantitative estimate of drug-likeness (QED) is 0.0228. The maximum absolute atomic E-state index is 13.1. The summed E-state index contributed by atoms with van der Waals surface area (Å²) in [7, 11) is 0. The highest BCUT2D eigenvalue weighted by atomic mass is 16.7. The molecule has 3 N–H and O–H groups in total. The first-order valence-electron chi connectivity index (χ1n) is 27.3. The van der Waals surface area contributed by atoms with Crippen molar-refractivity contribution in [2.24, 2.45) is 0 Å². The first kappa shape index (κ1) is 63.4. The van der Waals surface area contributed by atoms with E-state index in [4.69, 9.17) is 23.7 Å². The summed E-state index contributed by atoms with van der Waals surface area (Å²) in [5.74, 6) is -3.17. The van der Waals surface area contributed by atoms with Gasteiger partial charge in [-0.3, -0.25) is 14.4 Å². The van der Waals surface area contributed by atoms with Gasteiger partial charge in [-0.05, 0) is 96.3 Å². The Morgan fingerprint density at radius 3 is 1.38 bits per heavy atom. The standard InChI is InChI=1S/C57H96O12/c1-4-7-10-13-16-19-22-25-28-31-34-37-40-43-49(58)65-46-48(67-50(59)44-41-38-35-32-29-26-23-20-17-14-11-8-5-2)47-66-57-55(53(62)52(61)54(69-57)56(63)64)68-51(60)45-42-39-36-33-30-27-24-21-18-15-12-9-6-3/h10,12-13,15,19-24,48,52-55,57,61-62H,4-9,11,14,16-18,25-47H2,1-3H3,(H,63,64)/b13-10-,15-12-,22-19-,23-20-,24-21-. The molecule has 0 bridgehead atoms. The molecule has 69 heavy (non-hydrogen) atoms. The number of hydrogen-bond donors (Lipinski definition) is 3. The minimum Gasteiger partial charge on any atom is -0.479 e. The summed E-state index contributed by atoms with van der Waals surface area (Å²) in [5.41, 5.74) is 0. The van der Waals surface area contributed by atoms with Crippen molar-refractivity contribution in [1.82, 2.24) is 0 Å². The number of carboxylic acid groups (broad SMARTS) is 1. The molecule has 6 unspecified atom stereocenters. The van der Waals surface area contributed by atoms with Gasteiger partial charge in [-0.25, -0.2) is 4.79 Å². The predicted octanol–water partition coefficient (Wildman–Crippen LogP) is 13.2. The minimum absolute atomic E-state index is 0.0411. The van der Waals surface area contributed by atoms with Crippen LogP contribution in [-0.2, 0) is 42.9 Å². The van der Waals surface area contributed by atoms with Gasteiger partial charge in [-0.1, -0.05) is 171 Å². The van der Waals surface area contributed by atoms with E-state index in [9.17, 15) is 34.5 Å². The first-order valence-corrected chi connectivity index (χ1v) is 27.3. The van der Waals surface area contributed by atoms with Gasteiger partial charge >= 0.3 is 23.9 Å². The number of hydrogen-bond acceptors (Lipinski definition) is 11. The van der Waals surface area contributed by atoms with Gasteiger partial charge in [0.15, 0.2) is 24.6 Å². The van der Waals surface area contributed by atoms with Crippen molar-refractivity contribution in [2.45, 2.75) is 263 Å². The lowest BCUT2D eigenvalue weighted by atomic mass is 9.98. The second-order valence-electron chi connectivity index (χ2n) is 18.5. The summed E-state index contributed by atoms with van der Waals surface area (Å²) < 4.78 is 28.3. The average molecular weight is 973 g/mol. The van der Waals surface area contributed by atoms with E-state index in [0.29, 0.717) is 19.3 Å². The lowest BCUT2D eigenvalue weighted by Gasteiger charge is -2.40. The number of aliphatic carboxylic acids is 1. The van der Waals surface area contributed by atoms with Crippen LogP contribution in [0.15, 0.2) is 60.8 Å². The molecule has 1 aliphatic heterocycles. The van der Waals surface area contributed by atoms with Crippen LogP contribution in [0.5, 0.6) is 0 Å². The zero-order chi connectivity index (χ0) is 50.4. The molecule has 0 saturated carbocycles. The third kappa shape index (κ3) is 36.1. The fraction of sp³-hybridized carbons (Fsp3) is 0.754. The number of aliphatic hydroxyl groups is 2. The number of rotatable bonds is 45. The molecular formula is C57H96O12. The minimum atomic E-state index is -1.91. The third-order valence-electron chi connectivity index (χ3n) is 12.0. The molecule has 0 amide bonds. The van der Waals surface area contributed by atoms with Crippen LogP contribution in [0.25, 0.3) is 0 Å². The lowest BCUT2D eigenvalue weighted by molar-refractivity contribution is -0.301. The summed E-state index contributed by atoms with van der Waals surface area (Å²) >= 11 is 0. The molecule has 1 fully saturated rings. The van der Waals surface area contributed by atoms with E-state index in [0.717, 1.165) is 141 Å². The van der Waals surface area contributed by atoms with Gasteiger partial charge in [0, 0.05) is 19.3 Å². The Hall–Kier alpha value is -3.58. The molecule has 0 radical (unpaired) electrons. The van der Waals surface area contributed by atoms with Crippen molar-refractivity contribution in [2.75, 3.05) is 13.2 Å². The molecule has 0 aliphatic carbocycles. The topological polar surface area (TPSA) is 175 Å². The van der Waals surface area contributed by atoms with E-state index >= 15 is 0 Å². The second-order valence-corrected chi connectivity index (χ2v) is 18.5. The highest BCUT2D eigenvalue weighted by Gasteiger charge is 2.50. The zero-order valence-corrected chi connectivity index (χ0v) is 43.3. The van der Waals surface area contributed by atoms with E-state index < -0.39 is 67.3 Å².